The number of carbonyl (C=O) groups excluding carboxylic acids is 1. The van der Waals surface area contributed by atoms with Crippen molar-refractivity contribution in [2.75, 3.05) is 20.2 Å². The van der Waals surface area contributed by atoms with Crippen LogP contribution >= 0.6 is 0 Å². The molecule has 1 aliphatic heterocycles. The lowest BCUT2D eigenvalue weighted by molar-refractivity contribution is 0.0939. The van der Waals surface area contributed by atoms with Crippen LogP contribution in [0, 0.1) is 0 Å². The minimum absolute atomic E-state index is 0.0207. The summed E-state index contributed by atoms with van der Waals surface area (Å²) < 4.78 is 38.4. The molecule has 1 saturated heterocycles. The van der Waals surface area contributed by atoms with Crippen LogP contribution in [0.5, 0.6) is 11.5 Å². The Bertz CT molecular complexity index is 1010. The highest BCUT2D eigenvalue weighted by molar-refractivity contribution is 7.89. The minimum Gasteiger partial charge on any atom is -0.495 e. The van der Waals surface area contributed by atoms with Crippen molar-refractivity contribution < 1.29 is 22.7 Å². The number of hydrogen-bond donors (Lipinski definition) is 1. The zero-order valence-electron chi connectivity index (χ0n) is 18.4. The number of hydrogen-bond acceptors (Lipinski definition) is 5. The maximum Gasteiger partial charge on any atom is 0.251 e. The fraction of sp³-hybridized carbons (Fsp3) is 0.435. The Morgan fingerprint density at radius 2 is 1.68 bits per heavy atom. The van der Waals surface area contributed by atoms with E-state index in [1.165, 1.54) is 23.5 Å². The number of sulfonamides is 1. The third-order valence-electron chi connectivity index (χ3n) is 5.21. The minimum atomic E-state index is -3.72. The normalized spacial score (nSPS) is 15.6. The number of ether oxygens (including phenoxy) is 2. The van der Waals surface area contributed by atoms with Gasteiger partial charge >= 0.3 is 0 Å². The highest BCUT2D eigenvalue weighted by Gasteiger charge is 2.30. The third kappa shape index (κ3) is 5.37. The van der Waals surface area contributed by atoms with E-state index in [2.05, 4.69) is 5.32 Å². The first-order valence-corrected chi connectivity index (χ1v) is 11.9. The number of nitrogens with one attached hydrogen (secondary N) is 1. The summed E-state index contributed by atoms with van der Waals surface area (Å²) in [7, 11) is -2.30. The van der Waals surface area contributed by atoms with Crippen LogP contribution in [-0.4, -0.2) is 44.9 Å². The molecule has 0 aromatic heterocycles. The second kappa shape index (κ2) is 9.70. The van der Waals surface area contributed by atoms with Gasteiger partial charge in [0.15, 0.2) is 0 Å². The van der Waals surface area contributed by atoms with Crippen LogP contribution in [0.2, 0.25) is 0 Å². The molecule has 1 aliphatic rings. The highest BCUT2D eigenvalue weighted by Crippen LogP contribution is 2.30. The number of carbonyl (C=O) groups is 1. The van der Waals surface area contributed by atoms with Gasteiger partial charge < -0.3 is 14.8 Å². The summed E-state index contributed by atoms with van der Waals surface area (Å²) >= 11 is 0. The Morgan fingerprint density at radius 3 is 2.26 bits per heavy atom. The molecule has 168 valence electrons. The van der Waals surface area contributed by atoms with Crippen molar-refractivity contribution in [3.63, 3.8) is 0 Å². The van der Waals surface area contributed by atoms with E-state index in [4.69, 9.17) is 9.47 Å². The molecule has 0 spiro atoms. The van der Waals surface area contributed by atoms with Crippen molar-refractivity contribution in [2.24, 2.45) is 0 Å². The molecule has 7 nitrogen and oxygen atoms in total. The molecule has 0 radical (unpaired) electrons. The lowest BCUT2D eigenvalue weighted by Gasteiger charge is -2.19. The van der Waals surface area contributed by atoms with Crippen LogP contribution < -0.4 is 14.8 Å². The van der Waals surface area contributed by atoms with Crippen molar-refractivity contribution in [3.8, 4) is 11.5 Å². The average Bonchev–Trinajstić information content (AvgIpc) is 3.29. The van der Waals surface area contributed by atoms with Crippen LogP contribution in [0.3, 0.4) is 0 Å². The van der Waals surface area contributed by atoms with Crippen molar-refractivity contribution >= 4 is 15.9 Å². The Balaban J connectivity index is 1.78. The summed E-state index contributed by atoms with van der Waals surface area (Å²) in [4.78, 5) is 12.9. The SMILES string of the molecule is COc1ccc(C(=O)NC(C)c2ccc(OC(C)C)cc2)cc1S(=O)(=O)N1CCCC1. The van der Waals surface area contributed by atoms with E-state index in [-0.39, 0.29) is 34.3 Å². The van der Waals surface area contributed by atoms with Gasteiger partial charge in [0, 0.05) is 18.7 Å². The maximum absolute atomic E-state index is 13.0. The second-order valence-corrected chi connectivity index (χ2v) is 9.81. The average molecular weight is 447 g/mol. The van der Waals surface area contributed by atoms with Gasteiger partial charge in [0.25, 0.3) is 5.91 Å². The fourth-order valence-corrected chi connectivity index (χ4v) is 5.26. The smallest absolute Gasteiger partial charge is 0.251 e. The third-order valence-corrected chi connectivity index (χ3v) is 7.13. The van der Waals surface area contributed by atoms with Crippen LogP contribution in [-0.2, 0) is 10.0 Å². The Morgan fingerprint density at radius 1 is 1.03 bits per heavy atom. The largest absolute Gasteiger partial charge is 0.495 e. The lowest BCUT2D eigenvalue weighted by Crippen LogP contribution is -2.29. The monoisotopic (exact) mass is 446 g/mol. The summed E-state index contributed by atoms with van der Waals surface area (Å²) in [5, 5.41) is 2.93. The molecule has 1 atom stereocenters. The number of nitrogens with zero attached hydrogens (tertiary/aromatic N) is 1. The van der Waals surface area contributed by atoms with E-state index in [1.54, 1.807) is 6.07 Å². The van der Waals surface area contributed by atoms with E-state index in [9.17, 15) is 13.2 Å². The van der Waals surface area contributed by atoms with Gasteiger partial charge in [0.2, 0.25) is 10.0 Å². The fourth-order valence-electron chi connectivity index (χ4n) is 3.56. The zero-order chi connectivity index (χ0) is 22.6. The van der Waals surface area contributed by atoms with E-state index in [0.717, 1.165) is 24.2 Å². The molecule has 0 saturated carbocycles. The highest BCUT2D eigenvalue weighted by atomic mass is 32.2. The molecule has 31 heavy (non-hydrogen) atoms. The van der Waals surface area contributed by atoms with E-state index in [1.807, 2.05) is 45.0 Å². The summed E-state index contributed by atoms with van der Waals surface area (Å²) in [5.74, 6) is 0.650. The molecule has 2 aromatic rings. The predicted octanol–water partition coefficient (Wildman–Crippen LogP) is 3.76. The molecule has 1 heterocycles. The molecule has 1 amide bonds. The van der Waals surface area contributed by atoms with Gasteiger partial charge in [0.1, 0.15) is 16.4 Å². The summed E-state index contributed by atoms with van der Waals surface area (Å²) in [6.07, 6.45) is 1.75. The summed E-state index contributed by atoms with van der Waals surface area (Å²) in [5.41, 5.74) is 1.19. The molecule has 1 N–H and O–H groups in total. The molecule has 8 heteroatoms. The van der Waals surface area contributed by atoms with Crippen molar-refractivity contribution in [1.29, 1.82) is 0 Å². The van der Waals surface area contributed by atoms with Crippen molar-refractivity contribution in [2.45, 2.75) is 50.7 Å². The Kier molecular flexibility index (Phi) is 7.23. The van der Waals surface area contributed by atoms with E-state index >= 15 is 0 Å². The van der Waals surface area contributed by atoms with Gasteiger partial charge in [0.05, 0.1) is 19.3 Å². The standard InChI is InChI=1S/C23H30N2O5S/c1-16(2)30-20-10-7-18(8-11-20)17(3)24-23(26)19-9-12-21(29-4)22(15-19)31(27,28)25-13-5-6-14-25/h7-12,15-17H,5-6,13-14H2,1-4H3,(H,24,26). The predicted molar refractivity (Wildman–Crippen MR) is 119 cm³/mol. The molecule has 2 aromatic carbocycles. The van der Waals surface area contributed by atoms with Crippen LogP contribution in [0.15, 0.2) is 47.4 Å². The van der Waals surface area contributed by atoms with Gasteiger partial charge in [-0.15, -0.1) is 0 Å². The van der Waals surface area contributed by atoms with Gasteiger partial charge in [-0.25, -0.2) is 8.42 Å². The van der Waals surface area contributed by atoms with Crippen LogP contribution in [0.4, 0.5) is 0 Å². The van der Waals surface area contributed by atoms with Gasteiger partial charge in [-0.3, -0.25) is 4.79 Å². The van der Waals surface area contributed by atoms with Gasteiger partial charge in [-0.2, -0.15) is 4.31 Å². The maximum atomic E-state index is 13.0. The second-order valence-electron chi connectivity index (χ2n) is 7.91. The van der Waals surface area contributed by atoms with Crippen molar-refractivity contribution in [1.82, 2.24) is 9.62 Å². The molecule has 3 rings (SSSR count). The summed E-state index contributed by atoms with van der Waals surface area (Å²) in [6, 6.07) is 11.8. The first-order valence-electron chi connectivity index (χ1n) is 10.5. The summed E-state index contributed by atoms with van der Waals surface area (Å²) in [6.45, 7) is 6.76. The molecular weight excluding hydrogens is 416 g/mol. The molecule has 1 unspecified atom stereocenters. The number of rotatable bonds is 8. The Labute approximate surface area is 184 Å². The molecule has 0 aliphatic carbocycles. The van der Waals surface area contributed by atoms with Crippen molar-refractivity contribution in [3.05, 3.63) is 53.6 Å². The quantitative estimate of drug-likeness (QED) is 0.667. The molecule has 1 fully saturated rings. The Hall–Kier alpha value is -2.58. The van der Waals surface area contributed by atoms with E-state index < -0.39 is 10.0 Å². The zero-order valence-corrected chi connectivity index (χ0v) is 19.2. The number of amides is 1. The number of methoxy groups -OCH3 is 1. The number of benzene rings is 2. The lowest BCUT2D eigenvalue weighted by atomic mass is 10.1. The van der Waals surface area contributed by atoms with Gasteiger partial charge in [-0.05, 0) is 69.5 Å². The van der Waals surface area contributed by atoms with E-state index in [0.29, 0.717) is 13.1 Å². The van der Waals surface area contributed by atoms with Crippen LogP contribution in [0.1, 0.15) is 55.6 Å². The first-order chi connectivity index (χ1) is 14.7. The first kappa shape index (κ1) is 23.1. The molecular formula is C23H30N2O5S. The molecule has 0 bridgehead atoms. The van der Waals surface area contributed by atoms with Gasteiger partial charge in [-0.1, -0.05) is 12.1 Å². The topological polar surface area (TPSA) is 84.9 Å². The van der Waals surface area contributed by atoms with Crippen LogP contribution in [0.25, 0.3) is 0 Å².